The Balaban J connectivity index is 1.79. The minimum absolute atomic E-state index is 0.154. The first-order valence-electron chi connectivity index (χ1n) is 10.6. The van der Waals surface area contributed by atoms with E-state index < -0.39 is 0 Å². The lowest BCUT2D eigenvalue weighted by Crippen LogP contribution is -2.04. The number of nitriles is 3. The third-order valence-corrected chi connectivity index (χ3v) is 5.17. The quantitative estimate of drug-likeness (QED) is 0.381. The first-order valence-corrected chi connectivity index (χ1v) is 10.6. The Morgan fingerprint density at radius 1 is 0.889 bits per heavy atom. The summed E-state index contributed by atoms with van der Waals surface area (Å²) in [5.74, 6) is 1.07. The topological polar surface area (TPSA) is 177 Å². The van der Waals surface area contributed by atoms with E-state index in [-0.39, 0.29) is 22.9 Å². The number of hydrogen-bond donors (Lipinski definition) is 2. The van der Waals surface area contributed by atoms with Crippen molar-refractivity contribution >= 4 is 28.8 Å². The maximum absolute atomic E-state index is 9.87. The molecule has 0 saturated carbocycles. The van der Waals surface area contributed by atoms with Gasteiger partial charge in [0.1, 0.15) is 23.4 Å². The fraction of sp³-hybridized carbons (Fsp3) is 0.125. The van der Waals surface area contributed by atoms with E-state index in [0.717, 1.165) is 0 Å². The van der Waals surface area contributed by atoms with Crippen molar-refractivity contribution in [1.82, 2.24) is 24.7 Å². The molecule has 3 heterocycles. The van der Waals surface area contributed by atoms with Crippen LogP contribution in [0.4, 0.5) is 28.8 Å². The normalized spacial score (nSPS) is 10.4. The van der Waals surface area contributed by atoms with Crippen LogP contribution in [0.25, 0.3) is 5.95 Å². The fourth-order valence-electron chi connectivity index (χ4n) is 3.36. The van der Waals surface area contributed by atoms with Gasteiger partial charge in [-0.3, -0.25) is 0 Å². The Bertz CT molecular complexity index is 1580. The lowest BCUT2D eigenvalue weighted by Gasteiger charge is -2.14. The molecule has 0 unspecified atom stereocenters. The van der Waals surface area contributed by atoms with Crippen LogP contribution in [0, 0.1) is 47.8 Å². The minimum atomic E-state index is 0.154. The summed E-state index contributed by atoms with van der Waals surface area (Å²) in [7, 11) is 1.67. The number of azo groups is 1. The van der Waals surface area contributed by atoms with Gasteiger partial charge in [0, 0.05) is 30.7 Å². The average molecular weight is 474 g/mol. The van der Waals surface area contributed by atoms with Crippen molar-refractivity contribution in [3.8, 4) is 24.2 Å². The second-order valence-electron chi connectivity index (χ2n) is 7.39. The predicted octanol–water partition coefficient (Wildman–Crippen LogP) is 4.49. The number of hydrogen-bond acceptors (Lipinski definition) is 11. The lowest BCUT2D eigenvalue weighted by molar-refractivity contribution is 0.792. The zero-order valence-corrected chi connectivity index (χ0v) is 19.5. The number of benzene rings is 1. The van der Waals surface area contributed by atoms with Crippen molar-refractivity contribution in [3.63, 3.8) is 0 Å². The molecule has 2 N–H and O–H groups in total. The SMILES string of the molecule is CNc1nc(Nc2ccc(C#N)cc2)c(C#N)c(C)c1N=Nc1c(C#N)c(C)nn1-c1ncccn1. The molecule has 12 nitrogen and oxygen atoms in total. The Hall–Kier alpha value is -5.67. The Morgan fingerprint density at radius 3 is 2.19 bits per heavy atom. The molecule has 0 atom stereocenters. The number of pyridine rings is 1. The van der Waals surface area contributed by atoms with Gasteiger partial charge in [0.2, 0.25) is 0 Å². The molecule has 4 rings (SSSR count). The molecule has 3 aromatic heterocycles. The summed E-state index contributed by atoms with van der Waals surface area (Å²) in [4.78, 5) is 12.9. The van der Waals surface area contributed by atoms with Crippen molar-refractivity contribution in [3.05, 3.63) is 70.7 Å². The summed E-state index contributed by atoms with van der Waals surface area (Å²) < 4.78 is 1.34. The highest BCUT2D eigenvalue weighted by Gasteiger charge is 2.20. The average Bonchev–Trinajstić information content (AvgIpc) is 3.23. The number of aromatic nitrogens is 5. The van der Waals surface area contributed by atoms with E-state index in [9.17, 15) is 10.5 Å². The van der Waals surface area contributed by atoms with Crippen molar-refractivity contribution in [2.24, 2.45) is 10.2 Å². The highest BCUT2D eigenvalue weighted by atomic mass is 15.4. The molecule has 12 heteroatoms. The molecule has 36 heavy (non-hydrogen) atoms. The van der Waals surface area contributed by atoms with Crippen molar-refractivity contribution in [2.75, 3.05) is 17.7 Å². The monoisotopic (exact) mass is 474 g/mol. The van der Waals surface area contributed by atoms with Gasteiger partial charge in [-0.1, -0.05) is 0 Å². The third-order valence-electron chi connectivity index (χ3n) is 5.17. The van der Waals surface area contributed by atoms with E-state index in [0.29, 0.717) is 39.8 Å². The van der Waals surface area contributed by atoms with E-state index in [2.05, 4.69) is 59.1 Å². The second kappa shape index (κ2) is 10.1. The van der Waals surface area contributed by atoms with Crippen LogP contribution in [0.3, 0.4) is 0 Å². The number of rotatable bonds is 6. The Kier molecular flexibility index (Phi) is 6.57. The van der Waals surface area contributed by atoms with Gasteiger partial charge in [-0.25, -0.2) is 15.0 Å². The smallest absolute Gasteiger partial charge is 0.252 e. The molecular weight excluding hydrogens is 456 g/mol. The predicted molar refractivity (Wildman–Crippen MR) is 130 cm³/mol. The van der Waals surface area contributed by atoms with Crippen molar-refractivity contribution < 1.29 is 0 Å². The second-order valence-corrected chi connectivity index (χ2v) is 7.39. The molecule has 0 saturated heterocycles. The van der Waals surface area contributed by atoms with Gasteiger partial charge in [0.05, 0.1) is 22.9 Å². The van der Waals surface area contributed by atoms with E-state index in [1.165, 1.54) is 4.68 Å². The highest BCUT2D eigenvalue weighted by molar-refractivity contribution is 5.76. The van der Waals surface area contributed by atoms with Gasteiger partial charge in [-0.05, 0) is 44.2 Å². The van der Waals surface area contributed by atoms with Crippen LogP contribution in [0.15, 0.2) is 53.0 Å². The first-order chi connectivity index (χ1) is 17.5. The number of nitrogens with one attached hydrogen (secondary N) is 2. The van der Waals surface area contributed by atoms with Crippen LogP contribution >= 0.6 is 0 Å². The van der Waals surface area contributed by atoms with E-state index in [1.807, 2.05) is 0 Å². The van der Waals surface area contributed by atoms with Crippen LogP contribution in [0.1, 0.15) is 27.9 Å². The highest BCUT2D eigenvalue weighted by Crippen LogP contribution is 2.36. The number of aryl methyl sites for hydroxylation is 1. The molecule has 1 aromatic carbocycles. The maximum atomic E-state index is 9.87. The third kappa shape index (κ3) is 4.40. The van der Waals surface area contributed by atoms with Crippen LogP contribution < -0.4 is 10.6 Å². The van der Waals surface area contributed by atoms with E-state index in [1.54, 1.807) is 63.6 Å². The molecule has 0 amide bonds. The van der Waals surface area contributed by atoms with E-state index in [4.69, 9.17) is 5.26 Å². The number of nitrogens with zero attached hydrogens (tertiary/aromatic N) is 10. The molecule has 4 aromatic rings. The van der Waals surface area contributed by atoms with Crippen molar-refractivity contribution in [1.29, 1.82) is 15.8 Å². The molecular formula is C24H18N12. The minimum Gasteiger partial charge on any atom is -0.371 e. The molecule has 0 radical (unpaired) electrons. The summed E-state index contributed by atoms with van der Waals surface area (Å²) >= 11 is 0. The molecule has 174 valence electrons. The van der Waals surface area contributed by atoms with Crippen molar-refractivity contribution in [2.45, 2.75) is 13.8 Å². The molecule has 0 aliphatic heterocycles. The van der Waals surface area contributed by atoms with Crippen LogP contribution in [-0.2, 0) is 0 Å². The zero-order chi connectivity index (χ0) is 25.7. The van der Waals surface area contributed by atoms with Gasteiger partial charge in [0.15, 0.2) is 17.5 Å². The zero-order valence-electron chi connectivity index (χ0n) is 19.5. The first kappa shape index (κ1) is 23.5. The molecule has 0 fully saturated rings. The van der Waals surface area contributed by atoms with Gasteiger partial charge >= 0.3 is 0 Å². The lowest BCUT2D eigenvalue weighted by atomic mass is 10.1. The summed E-state index contributed by atoms with van der Waals surface area (Å²) in [5, 5.41) is 47.6. The van der Waals surface area contributed by atoms with Gasteiger partial charge in [-0.15, -0.1) is 10.2 Å². The molecule has 0 bridgehead atoms. The van der Waals surface area contributed by atoms with Crippen LogP contribution in [0.5, 0.6) is 0 Å². The molecule has 0 aliphatic carbocycles. The van der Waals surface area contributed by atoms with Gasteiger partial charge < -0.3 is 10.6 Å². The molecule has 0 aliphatic rings. The largest absolute Gasteiger partial charge is 0.371 e. The number of anilines is 3. The summed E-state index contributed by atoms with van der Waals surface area (Å²) in [6.07, 6.45) is 3.11. The van der Waals surface area contributed by atoms with Gasteiger partial charge in [-0.2, -0.15) is 25.6 Å². The Labute approximate surface area is 206 Å². The van der Waals surface area contributed by atoms with E-state index >= 15 is 0 Å². The summed E-state index contributed by atoms with van der Waals surface area (Å²) in [6.45, 7) is 3.41. The maximum Gasteiger partial charge on any atom is 0.252 e. The summed E-state index contributed by atoms with van der Waals surface area (Å²) in [6, 6.07) is 14.8. The summed E-state index contributed by atoms with van der Waals surface area (Å²) in [5.41, 5.74) is 2.96. The Morgan fingerprint density at radius 2 is 1.58 bits per heavy atom. The molecule has 0 spiro atoms. The van der Waals surface area contributed by atoms with Crippen LogP contribution in [-0.4, -0.2) is 31.8 Å². The standard InChI is InChI=1S/C24H18N12/c1-14-18(12-26)21(31-17-7-5-16(11-25)6-8-17)32-22(28-3)20(14)33-34-23-19(13-27)15(2)35-36(23)24-29-9-4-10-30-24/h4-10H,1-3H3,(H2,28,31,32). The van der Waals surface area contributed by atoms with Crippen LogP contribution in [0.2, 0.25) is 0 Å². The van der Waals surface area contributed by atoms with Gasteiger partial charge in [0.25, 0.3) is 5.95 Å². The fourth-order valence-corrected chi connectivity index (χ4v) is 3.36.